The average molecular weight is 351 g/mol. The Balaban J connectivity index is 1.50. The Hall–Kier alpha value is -2.70. The standard InChI is InChI=1S/C19H25N7/c1-14-7-8-20-18(21-14)25-11-9-24(10-12-25)17-6-5-16-22-15(19(2,3)4)13-26(16)23-17/h5-8,13H,9-12H2,1-4H3. The minimum atomic E-state index is 0.0211. The van der Waals surface area contributed by atoms with Crippen molar-refractivity contribution in [1.82, 2.24) is 24.6 Å². The molecule has 3 aromatic rings. The number of hydrogen-bond acceptors (Lipinski definition) is 6. The summed E-state index contributed by atoms with van der Waals surface area (Å²) in [6.07, 6.45) is 3.86. The van der Waals surface area contributed by atoms with Crippen LogP contribution in [0.3, 0.4) is 0 Å². The van der Waals surface area contributed by atoms with Crippen molar-refractivity contribution in [2.24, 2.45) is 0 Å². The van der Waals surface area contributed by atoms with Crippen LogP contribution in [0.4, 0.5) is 11.8 Å². The Labute approximate surface area is 153 Å². The molecule has 136 valence electrons. The van der Waals surface area contributed by atoms with Crippen molar-refractivity contribution in [1.29, 1.82) is 0 Å². The lowest BCUT2D eigenvalue weighted by Gasteiger charge is -2.35. The molecule has 4 heterocycles. The van der Waals surface area contributed by atoms with Crippen molar-refractivity contribution in [3.05, 3.63) is 42.0 Å². The molecule has 7 heteroatoms. The maximum absolute atomic E-state index is 4.78. The van der Waals surface area contributed by atoms with Gasteiger partial charge in [-0.15, -0.1) is 5.10 Å². The Morgan fingerprint density at radius 3 is 2.35 bits per heavy atom. The van der Waals surface area contributed by atoms with Crippen LogP contribution in [0.1, 0.15) is 32.2 Å². The van der Waals surface area contributed by atoms with Crippen molar-refractivity contribution in [2.75, 3.05) is 36.0 Å². The molecule has 0 unspecified atom stereocenters. The Kier molecular flexibility index (Phi) is 4.01. The first-order chi connectivity index (χ1) is 12.4. The zero-order valence-corrected chi connectivity index (χ0v) is 15.8. The molecule has 26 heavy (non-hydrogen) atoms. The summed E-state index contributed by atoms with van der Waals surface area (Å²) in [5.41, 5.74) is 2.97. The normalized spacial score (nSPS) is 15.7. The van der Waals surface area contributed by atoms with Gasteiger partial charge in [0.2, 0.25) is 5.95 Å². The Morgan fingerprint density at radius 2 is 1.65 bits per heavy atom. The number of aromatic nitrogens is 5. The van der Waals surface area contributed by atoms with Gasteiger partial charge < -0.3 is 9.80 Å². The van der Waals surface area contributed by atoms with Crippen molar-refractivity contribution in [3.8, 4) is 0 Å². The zero-order chi connectivity index (χ0) is 18.3. The van der Waals surface area contributed by atoms with Crippen LogP contribution in [-0.4, -0.2) is 50.7 Å². The average Bonchev–Trinajstić information content (AvgIpc) is 3.05. The molecule has 1 saturated heterocycles. The third-order valence-electron chi connectivity index (χ3n) is 4.74. The van der Waals surface area contributed by atoms with Gasteiger partial charge in [-0.2, -0.15) is 0 Å². The van der Waals surface area contributed by atoms with Crippen molar-refractivity contribution >= 4 is 17.4 Å². The number of nitrogens with zero attached hydrogens (tertiary/aromatic N) is 7. The molecular formula is C19H25N7. The van der Waals surface area contributed by atoms with Gasteiger partial charge in [0.05, 0.1) is 11.9 Å². The van der Waals surface area contributed by atoms with E-state index in [4.69, 9.17) is 5.10 Å². The van der Waals surface area contributed by atoms with Crippen LogP contribution in [0.2, 0.25) is 0 Å². The third-order valence-corrected chi connectivity index (χ3v) is 4.74. The van der Waals surface area contributed by atoms with E-state index in [0.29, 0.717) is 0 Å². The van der Waals surface area contributed by atoms with E-state index in [2.05, 4.69) is 51.6 Å². The summed E-state index contributed by atoms with van der Waals surface area (Å²) < 4.78 is 1.89. The first kappa shape index (κ1) is 16.8. The van der Waals surface area contributed by atoms with Crippen molar-refractivity contribution in [3.63, 3.8) is 0 Å². The Bertz CT molecular complexity index is 917. The predicted octanol–water partition coefficient (Wildman–Crippen LogP) is 2.45. The first-order valence-corrected chi connectivity index (χ1v) is 9.07. The number of imidazole rings is 1. The molecule has 0 saturated carbocycles. The lowest BCUT2D eigenvalue weighted by Crippen LogP contribution is -2.47. The maximum atomic E-state index is 4.78. The van der Waals surface area contributed by atoms with Gasteiger partial charge in [-0.25, -0.2) is 19.5 Å². The van der Waals surface area contributed by atoms with E-state index in [0.717, 1.165) is 55.0 Å². The quantitative estimate of drug-likeness (QED) is 0.707. The summed E-state index contributed by atoms with van der Waals surface area (Å²) >= 11 is 0. The number of rotatable bonds is 2. The zero-order valence-electron chi connectivity index (χ0n) is 15.8. The highest BCUT2D eigenvalue weighted by molar-refractivity contribution is 5.48. The van der Waals surface area contributed by atoms with Crippen LogP contribution in [-0.2, 0) is 5.41 Å². The van der Waals surface area contributed by atoms with Gasteiger partial charge in [0.25, 0.3) is 0 Å². The molecule has 0 spiro atoms. The third kappa shape index (κ3) is 3.21. The topological polar surface area (TPSA) is 62.5 Å². The van der Waals surface area contributed by atoms with E-state index in [9.17, 15) is 0 Å². The molecule has 0 atom stereocenters. The van der Waals surface area contributed by atoms with Crippen LogP contribution < -0.4 is 9.80 Å². The van der Waals surface area contributed by atoms with Crippen LogP contribution in [0.15, 0.2) is 30.6 Å². The van der Waals surface area contributed by atoms with Gasteiger partial charge in [-0.1, -0.05) is 20.8 Å². The van der Waals surface area contributed by atoms with E-state index in [1.807, 2.05) is 36.0 Å². The summed E-state index contributed by atoms with van der Waals surface area (Å²) in [7, 11) is 0. The second-order valence-electron chi connectivity index (χ2n) is 7.84. The minimum absolute atomic E-state index is 0.0211. The lowest BCUT2D eigenvalue weighted by atomic mass is 9.93. The predicted molar refractivity (Wildman–Crippen MR) is 103 cm³/mol. The highest BCUT2D eigenvalue weighted by Crippen LogP contribution is 2.22. The lowest BCUT2D eigenvalue weighted by molar-refractivity contribution is 0.572. The summed E-state index contributed by atoms with van der Waals surface area (Å²) in [4.78, 5) is 18.2. The van der Waals surface area contributed by atoms with Crippen LogP contribution in [0.25, 0.3) is 5.65 Å². The summed E-state index contributed by atoms with van der Waals surface area (Å²) in [5.74, 6) is 1.80. The number of aryl methyl sites for hydroxylation is 1. The van der Waals surface area contributed by atoms with Crippen LogP contribution in [0, 0.1) is 6.92 Å². The second kappa shape index (κ2) is 6.23. The summed E-state index contributed by atoms with van der Waals surface area (Å²) in [6.45, 7) is 12.1. The van der Waals surface area contributed by atoms with E-state index in [-0.39, 0.29) is 5.41 Å². The van der Waals surface area contributed by atoms with Crippen LogP contribution in [0.5, 0.6) is 0 Å². The molecule has 4 rings (SSSR count). The molecule has 0 aromatic carbocycles. The summed E-state index contributed by atoms with van der Waals surface area (Å²) in [6, 6.07) is 6.04. The molecule has 0 radical (unpaired) electrons. The van der Waals surface area contributed by atoms with Crippen molar-refractivity contribution in [2.45, 2.75) is 33.1 Å². The van der Waals surface area contributed by atoms with E-state index in [1.165, 1.54) is 0 Å². The van der Waals surface area contributed by atoms with Gasteiger partial charge >= 0.3 is 0 Å². The van der Waals surface area contributed by atoms with Gasteiger partial charge in [0.1, 0.15) is 5.82 Å². The molecule has 1 fully saturated rings. The van der Waals surface area contributed by atoms with E-state index in [1.54, 1.807) is 0 Å². The fourth-order valence-corrected chi connectivity index (χ4v) is 3.13. The molecule has 7 nitrogen and oxygen atoms in total. The van der Waals surface area contributed by atoms with Gasteiger partial charge in [0, 0.05) is 43.5 Å². The number of piperazine rings is 1. The fourth-order valence-electron chi connectivity index (χ4n) is 3.13. The minimum Gasteiger partial charge on any atom is -0.352 e. The van der Waals surface area contributed by atoms with Crippen LogP contribution >= 0.6 is 0 Å². The largest absolute Gasteiger partial charge is 0.352 e. The smallest absolute Gasteiger partial charge is 0.225 e. The molecular weight excluding hydrogens is 326 g/mol. The second-order valence-corrected chi connectivity index (χ2v) is 7.84. The van der Waals surface area contributed by atoms with Crippen molar-refractivity contribution < 1.29 is 0 Å². The van der Waals surface area contributed by atoms with Gasteiger partial charge in [-0.3, -0.25) is 0 Å². The Morgan fingerprint density at radius 1 is 0.923 bits per heavy atom. The van der Waals surface area contributed by atoms with Gasteiger partial charge in [0.15, 0.2) is 5.65 Å². The monoisotopic (exact) mass is 351 g/mol. The SMILES string of the molecule is Cc1ccnc(N2CCN(c3ccc4nc(C(C)(C)C)cn4n3)CC2)n1. The van der Waals surface area contributed by atoms with E-state index < -0.39 is 0 Å². The molecule has 1 aliphatic rings. The fraction of sp³-hybridized carbons (Fsp3) is 0.474. The highest BCUT2D eigenvalue weighted by atomic mass is 15.4. The first-order valence-electron chi connectivity index (χ1n) is 9.07. The maximum Gasteiger partial charge on any atom is 0.225 e. The molecule has 1 aliphatic heterocycles. The molecule has 3 aromatic heterocycles. The number of fused-ring (bicyclic) bond motifs is 1. The summed E-state index contributed by atoms with van der Waals surface area (Å²) in [5, 5.41) is 4.78. The van der Waals surface area contributed by atoms with E-state index >= 15 is 0 Å². The number of hydrogen-bond donors (Lipinski definition) is 0. The number of anilines is 2. The van der Waals surface area contributed by atoms with Gasteiger partial charge in [-0.05, 0) is 25.1 Å². The molecule has 0 amide bonds. The molecule has 0 N–H and O–H groups in total. The highest BCUT2D eigenvalue weighted by Gasteiger charge is 2.22. The molecule has 0 aliphatic carbocycles. The molecule has 0 bridgehead atoms.